The Morgan fingerprint density at radius 3 is 3.08 bits per heavy atom. The van der Waals surface area contributed by atoms with Crippen molar-refractivity contribution in [3.05, 3.63) is 27.2 Å². The van der Waals surface area contributed by atoms with Gasteiger partial charge in [0.1, 0.15) is 5.75 Å². The average Bonchev–Trinajstić information content (AvgIpc) is 2.07. The van der Waals surface area contributed by atoms with Crippen molar-refractivity contribution in [2.24, 2.45) is 5.73 Å². The molecule has 2 N–H and O–H groups in total. The number of fused-ring (bicyclic) bond motifs is 1. The third-order valence-electron chi connectivity index (χ3n) is 2.11. The van der Waals surface area contributed by atoms with Crippen molar-refractivity contribution in [2.45, 2.75) is 12.5 Å². The Morgan fingerprint density at radius 1 is 1.54 bits per heavy atom. The summed E-state index contributed by atoms with van der Waals surface area (Å²) >= 11 is 9.30. The summed E-state index contributed by atoms with van der Waals surface area (Å²) < 4.78 is 6.37. The summed E-state index contributed by atoms with van der Waals surface area (Å²) in [5.74, 6) is 0.836. The molecule has 1 aromatic carbocycles. The summed E-state index contributed by atoms with van der Waals surface area (Å²) in [6.07, 6.45) is 0.847. The molecule has 0 unspecified atom stereocenters. The summed E-state index contributed by atoms with van der Waals surface area (Å²) in [4.78, 5) is 0. The summed E-state index contributed by atoms with van der Waals surface area (Å²) in [7, 11) is 0. The van der Waals surface area contributed by atoms with E-state index in [1.807, 2.05) is 12.1 Å². The van der Waals surface area contributed by atoms with Gasteiger partial charge in [0.25, 0.3) is 0 Å². The van der Waals surface area contributed by atoms with Crippen LogP contribution in [-0.4, -0.2) is 6.61 Å². The highest BCUT2D eigenvalue weighted by Crippen LogP contribution is 2.38. The van der Waals surface area contributed by atoms with Gasteiger partial charge in [-0.25, -0.2) is 0 Å². The zero-order valence-corrected chi connectivity index (χ0v) is 9.23. The van der Waals surface area contributed by atoms with Crippen LogP contribution in [0.5, 0.6) is 5.75 Å². The first-order valence-corrected chi connectivity index (χ1v) is 5.23. The van der Waals surface area contributed by atoms with Gasteiger partial charge in [-0.15, -0.1) is 0 Å². The van der Waals surface area contributed by atoms with Crippen molar-refractivity contribution in [1.29, 1.82) is 0 Å². The molecule has 1 heterocycles. The minimum absolute atomic E-state index is 0.0405. The predicted molar refractivity (Wildman–Crippen MR) is 56.2 cm³/mol. The third-order valence-corrected chi connectivity index (χ3v) is 2.92. The number of halogens is 2. The fourth-order valence-electron chi connectivity index (χ4n) is 1.45. The molecule has 1 atom stereocenters. The van der Waals surface area contributed by atoms with Crippen LogP contribution in [-0.2, 0) is 0 Å². The van der Waals surface area contributed by atoms with Crippen LogP contribution in [0.4, 0.5) is 0 Å². The van der Waals surface area contributed by atoms with E-state index in [-0.39, 0.29) is 6.04 Å². The average molecular weight is 263 g/mol. The monoisotopic (exact) mass is 261 g/mol. The molecule has 0 aliphatic carbocycles. The van der Waals surface area contributed by atoms with Crippen LogP contribution in [0, 0.1) is 0 Å². The van der Waals surface area contributed by atoms with Crippen LogP contribution in [0.1, 0.15) is 18.0 Å². The fraction of sp³-hybridized carbons (Fsp3) is 0.333. The second-order valence-electron chi connectivity index (χ2n) is 3.05. The van der Waals surface area contributed by atoms with Crippen LogP contribution in [0.3, 0.4) is 0 Å². The first-order valence-electron chi connectivity index (χ1n) is 4.06. The standard InChI is InChI=1S/C9H9BrClNO/c10-7-4-5(11)3-6-8(12)1-2-13-9(6)7/h3-4,8H,1-2,12H2/t8-/m0/s1. The third kappa shape index (κ3) is 1.68. The number of hydrogen-bond acceptors (Lipinski definition) is 2. The van der Waals surface area contributed by atoms with Crippen LogP contribution < -0.4 is 10.5 Å². The number of rotatable bonds is 0. The van der Waals surface area contributed by atoms with Crippen molar-refractivity contribution in [3.63, 3.8) is 0 Å². The molecule has 70 valence electrons. The maximum Gasteiger partial charge on any atom is 0.138 e. The largest absolute Gasteiger partial charge is 0.492 e. The van der Waals surface area contributed by atoms with Crippen LogP contribution >= 0.6 is 27.5 Å². The van der Waals surface area contributed by atoms with Crippen molar-refractivity contribution in [3.8, 4) is 5.75 Å². The molecule has 0 saturated heterocycles. The van der Waals surface area contributed by atoms with E-state index in [1.165, 1.54) is 0 Å². The molecule has 1 aromatic rings. The SMILES string of the molecule is N[C@H]1CCOc2c(Br)cc(Cl)cc21. The molecule has 1 aliphatic heterocycles. The molecule has 0 radical (unpaired) electrons. The van der Waals surface area contributed by atoms with E-state index in [1.54, 1.807) is 0 Å². The summed E-state index contributed by atoms with van der Waals surface area (Å²) in [5.41, 5.74) is 6.92. The molecule has 0 aromatic heterocycles. The lowest BCUT2D eigenvalue weighted by Crippen LogP contribution is -2.20. The molecule has 0 fully saturated rings. The van der Waals surface area contributed by atoms with Crippen LogP contribution in [0.15, 0.2) is 16.6 Å². The molecule has 13 heavy (non-hydrogen) atoms. The highest BCUT2D eigenvalue weighted by Gasteiger charge is 2.20. The lowest BCUT2D eigenvalue weighted by atomic mass is 10.0. The molecule has 2 rings (SSSR count). The van der Waals surface area contributed by atoms with E-state index < -0.39 is 0 Å². The zero-order valence-electron chi connectivity index (χ0n) is 6.89. The number of nitrogens with two attached hydrogens (primary N) is 1. The first-order chi connectivity index (χ1) is 6.18. The predicted octanol–water partition coefficient (Wildman–Crippen LogP) is 2.88. The molecule has 4 heteroatoms. The second kappa shape index (κ2) is 3.48. The molecular weight excluding hydrogens is 253 g/mol. The van der Waals surface area contributed by atoms with Gasteiger partial charge in [0.05, 0.1) is 11.1 Å². The van der Waals surface area contributed by atoms with Gasteiger partial charge >= 0.3 is 0 Å². The first kappa shape index (κ1) is 9.31. The highest BCUT2D eigenvalue weighted by atomic mass is 79.9. The Morgan fingerprint density at radius 2 is 2.31 bits per heavy atom. The maximum absolute atomic E-state index is 5.92. The van der Waals surface area contributed by atoms with E-state index in [0.29, 0.717) is 11.6 Å². The lowest BCUT2D eigenvalue weighted by Gasteiger charge is -2.24. The molecule has 0 amide bonds. The van der Waals surface area contributed by atoms with Gasteiger partial charge in [-0.3, -0.25) is 0 Å². The summed E-state index contributed by atoms with van der Waals surface area (Å²) in [6.45, 7) is 0.675. The normalized spacial score (nSPS) is 20.7. The van der Waals surface area contributed by atoms with E-state index in [4.69, 9.17) is 22.1 Å². The van der Waals surface area contributed by atoms with Gasteiger partial charge in [-0.05, 0) is 28.1 Å². The van der Waals surface area contributed by atoms with Gasteiger partial charge in [-0.1, -0.05) is 11.6 Å². The Balaban J connectivity index is 2.56. The number of benzene rings is 1. The van der Waals surface area contributed by atoms with Crippen molar-refractivity contribution in [2.75, 3.05) is 6.61 Å². The molecule has 2 nitrogen and oxygen atoms in total. The molecule has 0 bridgehead atoms. The van der Waals surface area contributed by atoms with E-state index in [2.05, 4.69) is 15.9 Å². The zero-order chi connectivity index (χ0) is 9.42. The van der Waals surface area contributed by atoms with Gasteiger partial charge in [0.15, 0.2) is 0 Å². The smallest absolute Gasteiger partial charge is 0.138 e. The van der Waals surface area contributed by atoms with Crippen molar-refractivity contribution >= 4 is 27.5 Å². The maximum atomic E-state index is 5.92. The summed E-state index contributed by atoms with van der Waals surface area (Å²) in [5, 5.41) is 0.687. The van der Waals surface area contributed by atoms with E-state index in [9.17, 15) is 0 Å². The Labute approximate surface area is 90.1 Å². The minimum Gasteiger partial charge on any atom is -0.492 e. The van der Waals surface area contributed by atoms with Gasteiger partial charge in [0, 0.05) is 23.0 Å². The second-order valence-corrected chi connectivity index (χ2v) is 4.34. The van der Waals surface area contributed by atoms with Crippen LogP contribution in [0.25, 0.3) is 0 Å². The fourth-order valence-corrected chi connectivity index (χ4v) is 2.40. The lowest BCUT2D eigenvalue weighted by molar-refractivity contribution is 0.267. The minimum atomic E-state index is 0.0405. The highest BCUT2D eigenvalue weighted by molar-refractivity contribution is 9.10. The quantitative estimate of drug-likeness (QED) is 0.780. The van der Waals surface area contributed by atoms with E-state index >= 15 is 0 Å². The Bertz CT molecular complexity index is 343. The number of hydrogen-bond donors (Lipinski definition) is 1. The summed E-state index contributed by atoms with van der Waals surface area (Å²) in [6, 6.07) is 3.72. The van der Waals surface area contributed by atoms with E-state index in [0.717, 1.165) is 22.2 Å². The molecule has 0 saturated carbocycles. The van der Waals surface area contributed by atoms with Gasteiger partial charge in [-0.2, -0.15) is 0 Å². The Hall–Kier alpha value is -0.250. The number of ether oxygens (including phenoxy) is 1. The van der Waals surface area contributed by atoms with Gasteiger partial charge in [0.2, 0.25) is 0 Å². The molecular formula is C9H9BrClNO. The molecule has 0 spiro atoms. The topological polar surface area (TPSA) is 35.2 Å². The van der Waals surface area contributed by atoms with Crippen molar-refractivity contribution < 1.29 is 4.74 Å². The van der Waals surface area contributed by atoms with Crippen LogP contribution in [0.2, 0.25) is 5.02 Å². The van der Waals surface area contributed by atoms with Crippen molar-refractivity contribution in [1.82, 2.24) is 0 Å². The molecule has 1 aliphatic rings. The van der Waals surface area contributed by atoms with Gasteiger partial charge < -0.3 is 10.5 Å². The Kier molecular flexibility index (Phi) is 2.49.